The molecule has 0 radical (unpaired) electrons. The van der Waals surface area contributed by atoms with Crippen molar-refractivity contribution in [1.29, 1.82) is 0 Å². The van der Waals surface area contributed by atoms with Gasteiger partial charge in [0.2, 0.25) is 11.8 Å². The van der Waals surface area contributed by atoms with Gasteiger partial charge in [-0.2, -0.15) is 4.98 Å². The van der Waals surface area contributed by atoms with Gasteiger partial charge in [0.25, 0.3) is 0 Å². The van der Waals surface area contributed by atoms with Gasteiger partial charge in [0.1, 0.15) is 0 Å². The lowest BCUT2D eigenvalue weighted by Crippen LogP contribution is -2.42. The second-order valence-corrected chi connectivity index (χ2v) is 7.56. The summed E-state index contributed by atoms with van der Waals surface area (Å²) < 4.78 is 10.2. The van der Waals surface area contributed by atoms with E-state index in [1.54, 1.807) is 11.9 Å². The Morgan fingerprint density at radius 2 is 1.44 bits per heavy atom. The summed E-state index contributed by atoms with van der Waals surface area (Å²) in [4.78, 5) is 54.8. The molecule has 1 heterocycles. The van der Waals surface area contributed by atoms with Gasteiger partial charge in [0, 0.05) is 25.7 Å². The molecule has 0 unspecified atom stereocenters. The number of carboxylic acid groups (broad SMARTS) is 3. The number of carboxylic acids is 3. The summed E-state index contributed by atoms with van der Waals surface area (Å²) in [6.07, 6.45) is -2.08. The molecule has 0 aliphatic rings. The molecule has 1 rings (SSSR count). The molecule has 0 aromatic carbocycles. The number of methoxy groups -OCH3 is 2. The average molecular weight is 488 g/mol. The van der Waals surface area contributed by atoms with Crippen LogP contribution in [0.3, 0.4) is 0 Å². The normalized spacial score (nSPS) is 10.7. The first-order valence-corrected chi connectivity index (χ1v) is 9.90. The zero-order chi connectivity index (χ0) is 26.6. The largest absolute Gasteiger partial charge is 0.481 e. The lowest BCUT2D eigenvalue weighted by Gasteiger charge is -2.20. The molecule has 0 saturated carbocycles. The highest BCUT2D eigenvalue weighted by Gasteiger charge is 2.40. The third-order valence-corrected chi connectivity index (χ3v) is 4.45. The first kappa shape index (κ1) is 30.5. The number of likely N-dealkylation sites (N-methyl/N-ethyl adjacent to an activating group) is 2. The Labute approximate surface area is 196 Å². The highest BCUT2D eigenvalue weighted by atomic mass is 16.5. The smallest absolute Gasteiger partial charge is 0.336 e. The van der Waals surface area contributed by atoms with E-state index < -0.39 is 36.4 Å². The van der Waals surface area contributed by atoms with Gasteiger partial charge < -0.3 is 39.7 Å². The zero-order valence-corrected chi connectivity index (χ0v) is 20.1. The second kappa shape index (κ2) is 13.9. The maximum absolute atomic E-state index is 12.3. The Hall–Kier alpha value is -3.52. The number of aryl methyl sites for hydroxylation is 1. The summed E-state index contributed by atoms with van der Waals surface area (Å²) in [5, 5.41) is 33.8. The molecule has 1 amide bonds. The van der Waals surface area contributed by atoms with Crippen LogP contribution in [0, 0.1) is 6.92 Å². The third kappa shape index (κ3) is 10.4. The average Bonchev–Trinajstić information content (AvgIpc) is 2.72. The van der Waals surface area contributed by atoms with Crippen LogP contribution >= 0.6 is 0 Å². The Balaban J connectivity index is 0.000000722. The summed E-state index contributed by atoms with van der Waals surface area (Å²) >= 11 is 0. The standard InChI is InChI=1S/C14H24N4O3.C6H8O7/c1-10-11(13(20-5)16-14(15-10)21-6)9-12(19)18(4)8-7-17(2)3;7-3(8)1-6(13,5(11)12)2-4(9)10/h7-9H2,1-6H3;13H,1-2H2,(H,7,8)(H,9,10)(H,11,12). The number of carbonyl (C=O) groups is 4. The summed E-state index contributed by atoms with van der Waals surface area (Å²) in [7, 11) is 8.75. The SMILES string of the molecule is COc1nc(C)c(CC(=O)N(C)CCN(C)C)c(OC)n1.O=C(O)CC(O)(CC(=O)O)C(=O)O. The van der Waals surface area contributed by atoms with E-state index in [-0.39, 0.29) is 18.3 Å². The number of hydrogen-bond acceptors (Lipinski definition) is 10. The van der Waals surface area contributed by atoms with Crippen molar-refractivity contribution in [3.8, 4) is 11.9 Å². The van der Waals surface area contributed by atoms with Crippen LogP contribution in [0.2, 0.25) is 0 Å². The molecule has 14 heteroatoms. The van der Waals surface area contributed by atoms with Crippen molar-refractivity contribution in [2.45, 2.75) is 31.8 Å². The van der Waals surface area contributed by atoms with E-state index in [0.29, 0.717) is 23.7 Å². The Bertz CT molecular complexity index is 859. The predicted molar refractivity (Wildman–Crippen MR) is 117 cm³/mol. The molecule has 0 bridgehead atoms. The molecule has 0 fully saturated rings. The van der Waals surface area contributed by atoms with Crippen LogP contribution in [0.5, 0.6) is 11.9 Å². The van der Waals surface area contributed by atoms with Crippen LogP contribution < -0.4 is 9.47 Å². The fourth-order valence-corrected chi connectivity index (χ4v) is 2.48. The number of aromatic nitrogens is 2. The first-order valence-electron chi connectivity index (χ1n) is 9.90. The number of rotatable bonds is 12. The van der Waals surface area contributed by atoms with E-state index in [2.05, 4.69) is 9.97 Å². The van der Waals surface area contributed by atoms with Crippen molar-refractivity contribution >= 4 is 23.8 Å². The van der Waals surface area contributed by atoms with Crippen LogP contribution in [-0.4, -0.2) is 118 Å². The number of aliphatic hydroxyl groups is 1. The van der Waals surface area contributed by atoms with Crippen LogP contribution in [0.1, 0.15) is 24.1 Å². The van der Waals surface area contributed by atoms with Gasteiger partial charge in [-0.1, -0.05) is 0 Å². The van der Waals surface area contributed by atoms with E-state index in [1.807, 2.05) is 25.9 Å². The summed E-state index contributed by atoms with van der Waals surface area (Å²) in [5.74, 6) is -4.63. The molecule has 0 spiro atoms. The van der Waals surface area contributed by atoms with Crippen LogP contribution in [0.15, 0.2) is 0 Å². The molecule has 1 aromatic heterocycles. The van der Waals surface area contributed by atoms with Crippen molar-refractivity contribution in [3.63, 3.8) is 0 Å². The molecule has 0 atom stereocenters. The van der Waals surface area contributed by atoms with E-state index in [0.717, 1.165) is 6.54 Å². The maximum atomic E-state index is 12.3. The minimum Gasteiger partial charge on any atom is -0.481 e. The number of hydrogen-bond donors (Lipinski definition) is 4. The van der Waals surface area contributed by atoms with Crippen LogP contribution in [0.25, 0.3) is 0 Å². The monoisotopic (exact) mass is 488 g/mol. The van der Waals surface area contributed by atoms with E-state index in [1.165, 1.54) is 14.2 Å². The van der Waals surface area contributed by atoms with E-state index >= 15 is 0 Å². The molecule has 14 nitrogen and oxygen atoms in total. The predicted octanol–water partition coefficient (Wildman–Crippen LogP) is -0.884. The highest BCUT2D eigenvalue weighted by Crippen LogP contribution is 2.22. The molecule has 34 heavy (non-hydrogen) atoms. The lowest BCUT2D eigenvalue weighted by atomic mass is 9.96. The maximum Gasteiger partial charge on any atom is 0.336 e. The number of aliphatic carboxylic acids is 3. The van der Waals surface area contributed by atoms with Gasteiger partial charge in [-0.05, 0) is 21.0 Å². The second-order valence-electron chi connectivity index (χ2n) is 7.56. The highest BCUT2D eigenvalue weighted by molar-refractivity contribution is 5.88. The topological polar surface area (TPSA) is 200 Å². The Kier molecular flexibility index (Phi) is 12.5. The molecule has 192 valence electrons. The summed E-state index contributed by atoms with van der Waals surface area (Å²) in [6, 6.07) is 0.238. The van der Waals surface area contributed by atoms with Gasteiger partial charge in [0.05, 0.1) is 39.2 Å². The first-order chi connectivity index (χ1) is 15.7. The van der Waals surface area contributed by atoms with Gasteiger partial charge in [-0.25, -0.2) is 9.78 Å². The number of ether oxygens (including phenoxy) is 2. The van der Waals surface area contributed by atoms with Crippen molar-refractivity contribution < 1.29 is 49.1 Å². The fraction of sp³-hybridized carbons (Fsp3) is 0.600. The summed E-state index contributed by atoms with van der Waals surface area (Å²) in [5.41, 5.74) is -1.36. The molecular weight excluding hydrogens is 456 g/mol. The van der Waals surface area contributed by atoms with E-state index in [4.69, 9.17) is 29.9 Å². The van der Waals surface area contributed by atoms with E-state index in [9.17, 15) is 19.2 Å². The van der Waals surface area contributed by atoms with Crippen molar-refractivity contribution in [3.05, 3.63) is 11.3 Å². The molecule has 4 N–H and O–H groups in total. The number of nitrogens with zero attached hydrogens (tertiary/aromatic N) is 4. The van der Waals surface area contributed by atoms with Gasteiger partial charge in [-0.15, -0.1) is 0 Å². The molecule has 0 aliphatic heterocycles. The minimum absolute atomic E-state index is 0.00650. The third-order valence-electron chi connectivity index (χ3n) is 4.45. The summed E-state index contributed by atoms with van der Waals surface area (Å²) in [6.45, 7) is 3.30. The lowest BCUT2D eigenvalue weighted by molar-refractivity contribution is -0.170. The van der Waals surface area contributed by atoms with Crippen molar-refractivity contribution in [2.24, 2.45) is 0 Å². The van der Waals surface area contributed by atoms with Gasteiger partial charge >= 0.3 is 23.9 Å². The molecular formula is C20H32N4O10. The Morgan fingerprint density at radius 1 is 0.912 bits per heavy atom. The number of carbonyl (C=O) groups excluding carboxylic acids is 1. The van der Waals surface area contributed by atoms with Crippen LogP contribution in [0.4, 0.5) is 0 Å². The minimum atomic E-state index is -2.74. The zero-order valence-electron chi connectivity index (χ0n) is 20.1. The quantitative estimate of drug-likeness (QED) is 0.283. The van der Waals surface area contributed by atoms with Gasteiger partial charge in [-0.3, -0.25) is 14.4 Å². The Morgan fingerprint density at radius 3 is 1.82 bits per heavy atom. The van der Waals surface area contributed by atoms with Crippen molar-refractivity contribution in [1.82, 2.24) is 19.8 Å². The fourth-order valence-electron chi connectivity index (χ4n) is 2.48. The van der Waals surface area contributed by atoms with Crippen LogP contribution in [-0.2, 0) is 25.6 Å². The number of amides is 1. The molecule has 0 saturated heterocycles. The molecule has 1 aromatic rings. The van der Waals surface area contributed by atoms with Gasteiger partial charge in [0.15, 0.2) is 5.60 Å². The van der Waals surface area contributed by atoms with Crippen molar-refractivity contribution in [2.75, 3.05) is 48.5 Å². The molecule has 0 aliphatic carbocycles.